The van der Waals surface area contributed by atoms with Crippen LogP contribution in [0.2, 0.25) is 0 Å². The largest absolute Gasteiger partial charge is 0.484 e. The van der Waals surface area contributed by atoms with E-state index in [1.807, 2.05) is 0 Å². The predicted molar refractivity (Wildman–Crippen MR) is 89.4 cm³/mol. The maximum Gasteiger partial charge on any atom is 0.276 e. The number of nitrogens with one attached hydrogen (secondary N) is 2. The van der Waals surface area contributed by atoms with Crippen LogP contribution in [0.3, 0.4) is 0 Å². The van der Waals surface area contributed by atoms with Crippen molar-refractivity contribution in [1.82, 2.24) is 10.9 Å². The number of carbonyl (C=O) groups excluding carboxylic acids is 3. The number of carbonyl (C=O) groups is 3. The van der Waals surface area contributed by atoms with Crippen molar-refractivity contribution in [2.75, 3.05) is 6.61 Å². The first-order valence-electron chi connectivity index (χ1n) is 8.45. The summed E-state index contributed by atoms with van der Waals surface area (Å²) in [6, 6.07) is 6.64. The molecule has 0 unspecified atom stereocenters. The lowest BCUT2D eigenvalue weighted by atomic mass is 9.89. The van der Waals surface area contributed by atoms with Gasteiger partial charge in [-0.3, -0.25) is 25.2 Å². The van der Waals surface area contributed by atoms with E-state index in [1.165, 1.54) is 6.42 Å². The molecule has 1 aliphatic rings. The quantitative estimate of drug-likeness (QED) is 0.619. The predicted octanol–water partition coefficient (Wildman–Crippen LogP) is 2.39. The summed E-state index contributed by atoms with van der Waals surface area (Å²) in [5.41, 5.74) is 5.45. The number of ketones is 1. The molecule has 0 radical (unpaired) electrons. The number of Topliss-reactive ketones (excluding diaryl/α,β-unsaturated/α-hetero) is 1. The second-order valence-electron chi connectivity index (χ2n) is 5.96. The molecule has 0 atom stereocenters. The minimum atomic E-state index is -0.423. The Balaban J connectivity index is 1.70. The topological polar surface area (TPSA) is 84.5 Å². The summed E-state index contributed by atoms with van der Waals surface area (Å²) in [4.78, 5) is 35.2. The lowest BCUT2D eigenvalue weighted by molar-refractivity contribution is -0.132. The van der Waals surface area contributed by atoms with E-state index in [0.29, 0.717) is 17.7 Å². The second-order valence-corrected chi connectivity index (χ2v) is 5.96. The summed E-state index contributed by atoms with van der Waals surface area (Å²) in [7, 11) is 0. The molecule has 0 aromatic heterocycles. The Kier molecular flexibility index (Phi) is 6.78. The molecule has 1 fully saturated rings. The van der Waals surface area contributed by atoms with Gasteiger partial charge in [-0.1, -0.05) is 26.2 Å². The average Bonchev–Trinajstić information content (AvgIpc) is 2.64. The van der Waals surface area contributed by atoms with Gasteiger partial charge in [0, 0.05) is 17.9 Å². The van der Waals surface area contributed by atoms with Crippen molar-refractivity contribution < 1.29 is 19.1 Å². The molecule has 0 heterocycles. The van der Waals surface area contributed by atoms with Gasteiger partial charge in [0.05, 0.1) is 0 Å². The number of ether oxygens (including phenoxy) is 1. The highest BCUT2D eigenvalue weighted by Crippen LogP contribution is 2.23. The Morgan fingerprint density at radius 3 is 2.33 bits per heavy atom. The van der Waals surface area contributed by atoms with E-state index in [0.717, 1.165) is 25.7 Å². The molecular weight excluding hydrogens is 308 g/mol. The molecule has 2 amide bonds. The molecule has 1 aromatic carbocycles. The first kappa shape index (κ1) is 18.0. The van der Waals surface area contributed by atoms with Crippen LogP contribution >= 0.6 is 0 Å². The van der Waals surface area contributed by atoms with Gasteiger partial charge in [0.1, 0.15) is 5.75 Å². The fourth-order valence-corrected chi connectivity index (χ4v) is 2.72. The SMILES string of the molecule is CCC(=O)c1ccc(OCC(=O)NNC(=O)C2CCCCC2)cc1. The highest BCUT2D eigenvalue weighted by molar-refractivity contribution is 5.95. The van der Waals surface area contributed by atoms with Crippen molar-refractivity contribution in [3.63, 3.8) is 0 Å². The number of rotatable bonds is 6. The Morgan fingerprint density at radius 2 is 1.71 bits per heavy atom. The molecule has 1 saturated carbocycles. The summed E-state index contributed by atoms with van der Waals surface area (Å²) in [5.74, 6) is -0.0110. The van der Waals surface area contributed by atoms with E-state index in [4.69, 9.17) is 4.74 Å². The first-order valence-corrected chi connectivity index (χ1v) is 8.45. The van der Waals surface area contributed by atoms with Crippen LogP contribution in [0.4, 0.5) is 0 Å². The van der Waals surface area contributed by atoms with E-state index in [2.05, 4.69) is 10.9 Å². The third-order valence-electron chi connectivity index (χ3n) is 4.17. The molecule has 1 aromatic rings. The molecule has 2 rings (SSSR count). The minimum Gasteiger partial charge on any atom is -0.484 e. The zero-order valence-corrected chi connectivity index (χ0v) is 14.0. The van der Waals surface area contributed by atoms with Crippen molar-refractivity contribution in [3.8, 4) is 5.75 Å². The standard InChI is InChI=1S/C18H24N2O4/c1-2-16(21)13-8-10-15(11-9-13)24-12-17(22)19-20-18(23)14-6-4-3-5-7-14/h8-11,14H,2-7,12H2,1H3,(H,19,22)(H,20,23). The van der Waals surface area contributed by atoms with Gasteiger partial charge in [0.2, 0.25) is 5.91 Å². The maximum absolute atomic E-state index is 11.9. The minimum absolute atomic E-state index is 0.0105. The van der Waals surface area contributed by atoms with Crippen molar-refractivity contribution in [1.29, 1.82) is 0 Å². The molecule has 6 nitrogen and oxygen atoms in total. The summed E-state index contributed by atoms with van der Waals surface area (Å²) in [6.45, 7) is 1.60. The van der Waals surface area contributed by atoms with Crippen LogP contribution in [-0.4, -0.2) is 24.2 Å². The number of hydrogen-bond donors (Lipinski definition) is 2. The monoisotopic (exact) mass is 332 g/mol. The van der Waals surface area contributed by atoms with Gasteiger partial charge in [-0.05, 0) is 37.1 Å². The molecule has 2 N–H and O–H groups in total. The summed E-state index contributed by atoms with van der Waals surface area (Å²) < 4.78 is 5.34. The number of amides is 2. The molecule has 0 bridgehead atoms. The van der Waals surface area contributed by atoms with E-state index in [9.17, 15) is 14.4 Å². The molecule has 1 aliphatic carbocycles. The van der Waals surface area contributed by atoms with Crippen molar-refractivity contribution in [2.45, 2.75) is 45.4 Å². The molecule has 0 spiro atoms. The lowest BCUT2D eigenvalue weighted by Gasteiger charge is -2.20. The highest BCUT2D eigenvalue weighted by atomic mass is 16.5. The Bertz CT molecular complexity index is 577. The van der Waals surface area contributed by atoms with E-state index in [1.54, 1.807) is 31.2 Å². The fraction of sp³-hybridized carbons (Fsp3) is 0.500. The van der Waals surface area contributed by atoms with Crippen LogP contribution in [-0.2, 0) is 9.59 Å². The van der Waals surface area contributed by atoms with E-state index < -0.39 is 5.91 Å². The average molecular weight is 332 g/mol. The van der Waals surface area contributed by atoms with Gasteiger partial charge in [0.25, 0.3) is 5.91 Å². The molecular formula is C18H24N2O4. The van der Waals surface area contributed by atoms with Gasteiger partial charge >= 0.3 is 0 Å². The zero-order chi connectivity index (χ0) is 17.4. The van der Waals surface area contributed by atoms with Gasteiger partial charge < -0.3 is 4.74 Å². The maximum atomic E-state index is 11.9. The van der Waals surface area contributed by atoms with Crippen molar-refractivity contribution in [2.24, 2.45) is 5.92 Å². The zero-order valence-electron chi connectivity index (χ0n) is 14.0. The Morgan fingerprint density at radius 1 is 1.04 bits per heavy atom. The smallest absolute Gasteiger partial charge is 0.276 e. The molecule has 24 heavy (non-hydrogen) atoms. The summed E-state index contributed by atoms with van der Waals surface area (Å²) in [6.07, 6.45) is 5.50. The van der Waals surface area contributed by atoms with Crippen molar-refractivity contribution >= 4 is 17.6 Å². The van der Waals surface area contributed by atoms with Crippen LogP contribution < -0.4 is 15.6 Å². The van der Waals surface area contributed by atoms with Crippen molar-refractivity contribution in [3.05, 3.63) is 29.8 Å². The van der Waals surface area contributed by atoms with Crippen LogP contribution in [0.1, 0.15) is 55.8 Å². The Labute approximate surface area is 141 Å². The third kappa shape index (κ3) is 5.37. The van der Waals surface area contributed by atoms with Gasteiger partial charge in [-0.15, -0.1) is 0 Å². The van der Waals surface area contributed by atoms with Crippen LogP contribution in [0.25, 0.3) is 0 Å². The van der Waals surface area contributed by atoms with E-state index >= 15 is 0 Å². The number of hydrazine groups is 1. The number of benzene rings is 1. The molecule has 0 aliphatic heterocycles. The van der Waals surface area contributed by atoms with Gasteiger partial charge in [-0.25, -0.2) is 0 Å². The van der Waals surface area contributed by atoms with Gasteiger partial charge in [-0.2, -0.15) is 0 Å². The Hall–Kier alpha value is -2.37. The third-order valence-corrected chi connectivity index (χ3v) is 4.17. The van der Waals surface area contributed by atoms with Crippen LogP contribution in [0, 0.1) is 5.92 Å². The highest BCUT2D eigenvalue weighted by Gasteiger charge is 2.21. The molecule has 0 saturated heterocycles. The number of hydrogen-bond acceptors (Lipinski definition) is 4. The fourth-order valence-electron chi connectivity index (χ4n) is 2.72. The molecule has 130 valence electrons. The lowest BCUT2D eigenvalue weighted by Crippen LogP contribution is -2.46. The summed E-state index contributed by atoms with van der Waals surface area (Å²) >= 11 is 0. The summed E-state index contributed by atoms with van der Waals surface area (Å²) in [5, 5.41) is 0. The van der Waals surface area contributed by atoms with Crippen LogP contribution in [0.5, 0.6) is 5.75 Å². The second kappa shape index (κ2) is 9.05. The van der Waals surface area contributed by atoms with Gasteiger partial charge in [0.15, 0.2) is 12.4 Å². The first-order chi connectivity index (χ1) is 11.6. The molecule has 6 heteroatoms. The van der Waals surface area contributed by atoms with Crippen LogP contribution in [0.15, 0.2) is 24.3 Å². The van der Waals surface area contributed by atoms with E-state index in [-0.39, 0.29) is 24.2 Å². The normalized spacial score (nSPS) is 14.7.